The van der Waals surface area contributed by atoms with Gasteiger partial charge < -0.3 is 14.8 Å². The summed E-state index contributed by atoms with van der Waals surface area (Å²) in [5.41, 5.74) is 2.08. The number of amides is 1. The Balaban J connectivity index is 1.57. The van der Waals surface area contributed by atoms with Gasteiger partial charge in [0.05, 0.1) is 35.0 Å². The number of nitrogens with one attached hydrogen (secondary N) is 1. The molecule has 8 nitrogen and oxygen atoms in total. The molecule has 0 fully saturated rings. The molecule has 3 aromatic rings. The van der Waals surface area contributed by atoms with Gasteiger partial charge in [0.15, 0.2) is 12.4 Å². The van der Waals surface area contributed by atoms with Crippen LogP contribution in [0.1, 0.15) is 32.1 Å². The molecular formula is C20H18Cl2N4O4. The minimum Gasteiger partial charge on any atom is -0.473 e. The van der Waals surface area contributed by atoms with Crippen molar-refractivity contribution < 1.29 is 19.1 Å². The number of ether oxygens (including phenoxy) is 2. The molecule has 30 heavy (non-hydrogen) atoms. The number of hydrogen-bond donors (Lipinski definition) is 1. The van der Waals surface area contributed by atoms with E-state index in [2.05, 4.69) is 20.4 Å². The highest BCUT2D eigenvalue weighted by molar-refractivity contribution is 6.42. The van der Waals surface area contributed by atoms with Gasteiger partial charge in [-0.1, -0.05) is 34.5 Å². The van der Waals surface area contributed by atoms with E-state index in [1.54, 1.807) is 48.0 Å². The predicted octanol–water partition coefficient (Wildman–Crippen LogP) is 3.49. The molecule has 10 heteroatoms. The molecule has 0 spiro atoms. The Morgan fingerprint density at radius 2 is 1.83 bits per heavy atom. The largest absolute Gasteiger partial charge is 0.473 e. The third kappa shape index (κ3) is 5.08. The van der Waals surface area contributed by atoms with Crippen LogP contribution in [0.3, 0.4) is 0 Å². The first-order valence-electron chi connectivity index (χ1n) is 8.82. The van der Waals surface area contributed by atoms with E-state index in [1.165, 1.54) is 7.11 Å². The van der Waals surface area contributed by atoms with Crippen LogP contribution in [0.5, 0.6) is 5.75 Å². The molecule has 0 atom stereocenters. The van der Waals surface area contributed by atoms with Gasteiger partial charge in [-0.3, -0.25) is 4.79 Å². The van der Waals surface area contributed by atoms with Crippen LogP contribution in [0.2, 0.25) is 10.0 Å². The summed E-state index contributed by atoms with van der Waals surface area (Å²) in [5, 5.41) is 11.5. The first kappa shape index (κ1) is 21.6. The number of halogens is 2. The zero-order valence-corrected chi connectivity index (χ0v) is 17.7. The molecule has 3 rings (SSSR count). The molecule has 0 saturated carbocycles. The SMILES string of the molecule is COC(=O)c1ccc(OCNC(=O)c2nnn(Cc3ccc(Cl)c(Cl)c3)c2C)cc1. The Hall–Kier alpha value is -3.10. The maximum Gasteiger partial charge on any atom is 0.337 e. The summed E-state index contributed by atoms with van der Waals surface area (Å²) in [4.78, 5) is 23.8. The summed E-state index contributed by atoms with van der Waals surface area (Å²) in [6.45, 7) is 2.07. The van der Waals surface area contributed by atoms with E-state index in [1.807, 2.05) is 6.07 Å². The second-order valence-electron chi connectivity index (χ2n) is 6.24. The molecule has 1 N–H and O–H groups in total. The zero-order valence-electron chi connectivity index (χ0n) is 16.2. The molecule has 0 bridgehead atoms. The van der Waals surface area contributed by atoms with E-state index >= 15 is 0 Å². The molecule has 1 aromatic heterocycles. The monoisotopic (exact) mass is 448 g/mol. The van der Waals surface area contributed by atoms with Gasteiger partial charge in [0.2, 0.25) is 0 Å². The van der Waals surface area contributed by atoms with Crippen molar-refractivity contribution in [2.75, 3.05) is 13.8 Å². The van der Waals surface area contributed by atoms with Crippen LogP contribution in [-0.2, 0) is 11.3 Å². The van der Waals surface area contributed by atoms with Crippen LogP contribution < -0.4 is 10.1 Å². The lowest BCUT2D eigenvalue weighted by atomic mass is 10.2. The normalized spacial score (nSPS) is 10.5. The summed E-state index contributed by atoms with van der Waals surface area (Å²) in [6.07, 6.45) is 0. The predicted molar refractivity (Wildman–Crippen MR) is 111 cm³/mol. The number of rotatable bonds is 7. The number of hydrogen-bond acceptors (Lipinski definition) is 6. The van der Waals surface area contributed by atoms with Crippen LogP contribution >= 0.6 is 23.2 Å². The first-order valence-corrected chi connectivity index (χ1v) is 9.58. The Bertz CT molecular complexity index is 1070. The Morgan fingerprint density at radius 1 is 1.10 bits per heavy atom. The van der Waals surface area contributed by atoms with Crippen LogP contribution in [0, 0.1) is 6.92 Å². The maximum atomic E-state index is 12.4. The van der Waals surface area contributed by atoms with Gasteiger partial charge in [-0.05, 0) is 48.9 Å². The van der Waals surface area contributed by atoms with E-state index < -0.39 is 11.9 Å². The molecule has 0 aliphatic rings. The number of benzene rings is 2. The van der Waals surface area contributed by atoms with Crippen molar-refractivity contribution in [3.8, 4) is 5.75 Å². The summed E-state index contributed by atoms with van der Waals surface area (Å²) in [7, 11) is 1.31. The number of nitrogens with zero attached hydrogens (tertiary/aromatic N) is 3. The second-order valence-corrected chi connectivity index (χ2v) is 7.05. The van der Waals surface area contributed by atoms with Gasteiger partial charge in [0.1, 0.15) is 5.75 Å². The zero-order chi connectivity index (χ0) is 21.7. The molecule has 1 heterocycles. The summed E-state index contributed by atoms with van der Waals surface area (Å²) < 4.78 is 11.7. The van der Waals surface area contributed by atoms with E-state index in [-0.39, 0.29) is 12.4 Å². The summed E-state index contributed by atoms with van der Waals surface area (Å²) in [6, 6.07) is 11.6. The van der Waals surface area contributed by atoms with Gasteiger partial charge in [-0.15, -0.1) is 5.10 Å². The number of aromatic nitrogens is 3. The van der Waals surface area contributed by atoms with Gasteiger partial charge in [0, 0.05) is 0 Å². The number of esters is 1. The minimum absolute atomic E-state index is 0.0739. The average Bonchev–Trinajstić information content (AvgIpc) is 3.11. The molecule has 156 valence electrons. The third-order valence-electron chi connectivity index (χ3n) is 4.26. The highest BCUT2D eigenvalue weighted by atomic mass is 35.5. The van der Waals surface area contributed by atoms with Gasteiger partial charge in [-0.2, -0.15) is 0 Å². The lowest BCUT2D eigenvalue weighted by Gasteiger charge is -2.08. The van der Waals surface area contributed by atoms with Gasteiger partial charge in [-0.25, -0.2) is 9.48 Å². The number of carbonyl (C=O) groups is 2. The fourth-order valence-electron chi connectivity index (χ4n) is 2.61. The van der Waals surface area contributed by atoms with Crippen LogP contribution in [0.4, 0.5) is 0 Å². The van der Waals surface area contributed by atoms with E-state index in [0.29, 0.717) is 33.6 Å². The quantitative estimate of drug-likeness (QED) is 0.438. The third-order valence-corrected chi connectivity index (χ3v) is 5.00. The molecule has 0 aliphatic carbocycles. The van der Waals surface area contributed by atoms with Crippen LogP contribution in [-0.4, -0.2) is 40.7 Å². The van der Waals surface area contributed by atoms with Crippen molar-refractivity contribution in [3.05, 3.63) is 75.0 Å². The standard InChI is InChI=1S/C20H18Cl2N4O4/c1-12-18(24-25-26(12)10-13-3-8-16(21)17(22)9-13)19(27)23-11-30-15-6-4-14(5-7-15)20(28)29-2/h3-9H,10-11H2,1-2H3,(H,23,27). The van der Waals surface area contributed by atoms with Crippen molar-refractivity contribution in [1.29, 1.82) is 0 Å². The Morgan fingerprint density at radius 3 is 2.50 bits per heavy atom. The lowest BCUT2D eigenvalue weighted by Crippen LogP contribution is -2.28. The number of methoxy groups -OCH3 is 1. The molecule has 0 unspecified atom stereocenters. The van der Waals surface area contributed by atoms with Gasteiger partial charge >= 0.3 is 5.97 Å². The van der Waals surface area contributed by atoms with E-state index in [4.69, 9.17) is 27.9 Å². The molecule has 0 saturated heterocycles. The number of carbonyl (C=O) groups excluding carboxylic acids is 2. The van der Waals surface area contributed by atoms with Crippen molar-refractivity contribution in [2.24, 2.45) is 0 Å². The molecule has 1 amide bonds. The van der Waals surface area contributed by atoms with E-state index in [0.717, 1.165) is 5.56 Å². The summed E-state index contributed by atoms with van der Waals surface area (Å²) in [5.74, 6) is -0.365. The topological polar surface area (TPSA) is 95.3 Å². The average molecular weight is 449 g/mol. The van der Waals surface area contributed by atoms with Crippen LogP contribution in [0.25, 0.3) is 0 Å². The van der Waals surface area contributed by atoms with Crippen molar-refractivity contribution in [1.82, 2.24) is 20.3 Å². The van der Waals surface area contributed by atoms with Crippen LogP contribution in [0.15, 0.2) is 42.5 Å². The fourth-order valence-corrected chi connectivity index (χ4v) is 2.93. The van der Waals surface area contributed by atoms with Gasteiger partial charge in [0.25, 0.3) is 5.91 Å². The molecule has 0 aliphatic heterocycles. The van der Waals surface area contributed by atoms with Crippen molar-refractivity contribution >= 4 is 35.1 Å². The highest BCUT2D eigenvalue weighted by Gasteiger charge is 2.16. The molecular weight excluding hydrogens is 431 g/mol. The van der Waals surface area contributed by atoms with E-state index in [9.17, 15) is 9.59 Å². The lowest BCUT2D eigenvalue weighted by molar-refractivity contribution is 0.0600. The maximum absolute atomic E-state index is 12.4. The first-order chi connectivity index (χ1) is 14.4. The highest BCUT2D eigenvalue weighted by Crippen LogP contribution is 2.23. The Labute approximate surface area is 182 Å². The summed E-state index contributed by atoms with van der Waals surface area (Å²) >= 11 is 12.0. The molecule has 0 radical (unpaired) electrons. The smallest absolute Gasteiger partial charge is 0.337 e. The second kappa shape index (κ2) is 9.60. The van der Waals surface area contributed by atoms with Crippen molar-refractivity contribution in [3.63, 3.8) is 0 Å². The Kier molecular flexibility index (Phi) is 6.91. The molecule has 2 aromatic carbocycles. The fraction of sp³-hybridized carbons (Fsp3) is 0.200. The minimum atomic E-state index is -0.436. The van der Waals surface area contributed by atoms with Crippen molar-refractivity contribution in [2.45, 2.75) is 13.5 Å².